The summed E-state index contributed by atoms with van der Waals surface area (Å²) in [6.07, 6.45) is 3.75. The fourth-order valence-corrected chi connectivity index (χ4v) is 2.04. The molecule has 0 spiro atoms. The maximum absolute atomic E-state index is 11.6. The first-order valence-corrected chi connectivity index (χ1v) is 5.56. The van der Waals surface area contributed by atoms with Crippen LogP contribution in [0.3, 0.4) is 0 Å². The van der Waals surface area contributed by atoms with Crippen molar-refractivity contribution in [3.8, 4) is 6.07 Å². The van der Waals surface area contributed by atoms with Crippen LogP contribution in [0, 0.1) is 17.2 Å². The Morgan fingerprint density at radius 3 is 2.81 bits per heavy atom. The van der Waals surface area contributed by atoms with E-state index in [2.05, 4.69) is 6.92 Å². The number of hydrogen-bond donors (Lipinski definition) is 0. The first kappa shape index (κ1) is 12.5. The quantitative estimate of drug-likeness (QED) is 0.407. The predicted molar refractivity (Wildman–Crippen MR) is 61.4 cm³/mol. The van der Waals surface area contributed by atoms with Gasteiger partial charge in [0.1, 0.15) is 11.6 Å². The Bertz CT molecular complexity index is 385. The van der Waals surface area contributed by atoms with Crippen molar-refractivity contribution in [2.24, 2.45) is 5.92 Å². The smallest absolute Gasteiger partial charge is 0.349 e. The molecular weight excluding hydrogens is 202 g/mol. The number of carbonyl (C=O) groups is 1. The summed E-state index contributed by atoms with van der Waals surface area (Å²) in [6, 6.07) is 1.96. The van der Waals surface area contributed by atoms with Gasteiger partial charge in [-0.2, -0.15) is 5.26 Å². The minimum absolute atomic E-state index is 0.160. The minimum atomic E-state index is -0.502. The third-order valence-electron chi connectivity index (χ3n) is 2.57. The van der Waals surface area contributed by atoms with E-state index < -0.39 is 5.97 Å². The lowest BCUT2D eigenvalue weighted by atomic mass is 9.86. The molecule has 0 bridgehead atoms. The van der Waals surface area contributed by atoms with Crippen LogP contribution in [0.5, 0.6) is 0 Å². The second kappa shape index (κ2) is 5.50. The topological polar surface area (TPSA) is 50.1 Å². The number of nitrogens with zero attached hydrogens (tertiary/aromatic N) is 1. The molecule has 0 aromatic heterocycles. The van der Waals surface area contributed by atoms with Crippen molar-refractivity contribution in [2.75, 3.05) is 6.61 Å². The van der Waals surface area contributed by atoms with Crippen LogP contribution in [0.4, 0.5) is 0 Å². The second-order valence-corrected chi connectivity index (χ2v) is 4.24. The molecule has 1 aliphatic carbocycles. The summed E-state index contributed by atoms with van der Waals surface area (Å²) < 4.78 is 4.87. The molecule has 0 radical (unpaired) electrons. The van der Waals surface area contributed by atoms with Gasteiger partial charge in [-0.3, -0.25) is 0 Å². The van der Waals surface area contributed by atoms with E-state index >= 15 is 0 Å². The van der Waals surface area contributed by atoms with Gasteiger partial charge in [-0.25, -0.2) is 4.79 Å². The highest BCUT2D eigenvalue weighted by molar-refractivity contribution is 5.94. The molecule has 3 heteroatoms. The van der Waals surface area contributed by atoms with Crippen LogP contribution >= 0.6 is 0 Å². The highest BCUT2D eigenvalue weighted by Crippen LogP contribution is 2.29. The van der Waals surface area contributed by atoms with Gasteiger partial charge in [-0.15, -0.1) is 0 Å². The first-order valence-electron chi connectivity index (χ1n) is 5.56. The molecule has 0 N–H and O–H groups in total. The Labute approximate surface area is 96.4 Å². The zero-order valence-corrected chi connectivity index (χ0v) is 10.0. The summed E-state index contributed by atoms with van der Waals surface area (Å²) in [6.45, 7) is 6.18. The van der Waals surface area contributed by atoms with E-state index in [-0.39, 0.29) is 5.57 Å². The molecule has 0 aromatic rings. The molecule has 0 aromatic carbocycles. The van der Waals surface area contributed by atoms with E-state index in [0.717, 1.165) is 18.4 Å². The van der Waals surface area contributed by atoms with Crippen LogP contribution in [0.2, 0.25) is 0 Å². The molecule has 0 fully saturated rings. The van der Waals surface area contributed by atoms with Gasteiger partial charge in [-0.05, 0) is 38.2 Å². The van der Waals surface area contributed by atoms with Gasteiger partial charge in [0.05, 0.1) is 6.61 Å². The molecule has 0 saturated carbocycles. The Morgan fingerprint density at radius 2 is 2.31 bits per heavy atom. The fraction of sp³-hybridized carbons (Fsp3) is 0.538. The van der Waals surface area contributed by atoms with Crippen LogP contribution in [-0.4, -0.2) is 12.6 Å². The molecule has 1 unspecified atom stereocenters. The third-order valence-corrected chi connectivity index (χ3v) is 2.57. The van der Waals surface area contributed by atoms with Crippen LogP contribution in [0.15, 0.2) is 22.8 Å². The summed E-state index contributed by atoms with van der Waals surface area (Å²) in [5.74, 6) is -0.0177. The zero-order valence-electron chi connectivity index (χ0n) is 10.0. The SMILES string of the molecule is CCOC(=O)C(C#N)=C1C=C(C)CC(C)C1. The van der Waals surface area contributed by atoms with E-state index in [9.17, 15) is 4.79 Å². The zero-order chi connectivity index (χ0) is 12.1. The normalized spacial score (nSPS) is 23.1. The lowest BCUT2D eigenvalue weighted by molar-refractivity contribution is -0.138. The van der Waals surface area contributed by atoms with Gasteiger partial charge in [0.15, 0.2) is 0 Å². The third kappa shape index (κ3) is 2.96. The van der Waals surface area contributed by atoms with E-state index in [0.29, 0.717) is 12.5 Å². The molecule has 1 rings (SSSR count). The minimum Gasteiger partial charge on any atom is -0.462 e. The van der Waals surface area contributed by atoms with E-state index in [1.807, 2.05) is 19.1 Å². The summed E-state index contributed by atoms with van der Waals surface area (Å²) in [4.78, 5) is 11.6. The number of rotatable bonds is 2. The van der Waals surface area contributed by atoms with Crippen molar-refractivity contribution in [1.82, 2.24) is 0 Å². The molecule has 0 amide bonds. The molecule has 86 valence electrons. The van der Waals surface area contributed by atoms with Crippen LogP contribution in [-0.2, 0) is 9.53 Å². The number of hydrogen-bond acceptors (Lipinski definition) is 3. The van der Waals surface area contributed by atoms with E-state index in [1.54, 1.807) is 6.92 Å². The summed E-state index contributed by atoms with van der Waals surface area (Å²) in [5, 5.41) is 9.01. The highest BCUT2D eigenvalue weighted by Gasteiger charge is 2.20. The van der Waals surface area contributed by atoms with Gasteiger partial charge < -0.3 is 4.74 Å². The van der Waals surface area contributed by atoms with Gasteiger partial charge >= 0.3 is 5.97 Å². The first-order chi connectivity index (χ1) is 7.58. The summed E-state index contributed by atoms with van der Waals surface area (Å²) in [5.41, 5.74) is 2.19. The molecule has 0 aliphatic heterocycles. The van der Waals surface area contributed by atoms with Crippen molar-refractivity contribution in [2.45, 2.75) is 33.6 Å². The number of carbonyl (C=O) groups excluding carboxylic acids is 1. The van der Waals surface area contributed by atoms with E-state index in [4.69, 9.17) is 10.00 Å². The number of ether oxygens (including phenoxy) is 1. The Morgan fingerprint density at radius 1 is 1.62 bits per heavy atom. The fourth-order valence-electron chi connectivity index (χ4n) is 2.04. The van der Waals surface area contributed by atoms with E-state index in [1.165, 1.54) is 5.57 Å². The molecule has 3 nitrogen and oxygen atoms in total. The van der Waals surface area contributed by atoms with Crippen molar-refractivity contribution < 1.29 is 9.53 Å². The van der Waals surface area contributed by atoms with Crippen molar-refractivity contribution in [1.29, 1.82) is 5.26 Å². The van der Waals surface area contributed by atoms with Gasteiger partial charge in [0.2, 0.25) is 0 Å². The largest absolute Gasteiger partial charge is 0.462 e. The Hall–Kier alpha value is -1.56. The number of allylic oxidation sites excluding steroid dienone is 3. The van der Waals surface area contributed by atoms with Crippen LogP contribution < -0.4 is 0 Å². The molecule has 1 aliphatic rings. The maximum Gasteiger partial charge on any atom is 0.349 e. The van der Waals surface area contributed by atoms with Crippen LogP contribution in [0.1, 0.15) is 33.6 Å². The highest BCUT2D eigenvalue weighted by atomic mass is 16.5. The lowest BCUT2D eigenvalue weighted by Crippen LogP contribution is -2.12. The molecule has 1 atom stereocenters. The molecule has 0 heterocycles. The number of esters is 1. The van der Waals surface area contributed by atoms with Gasteiger partial charge in [0.25, 0.3) is 0 Å². The Kier molecular flexibility index (Phi) is 4.30. The summed E-state index contributed by atoms with van der Waals surface area (Å²) >= 11 is 0. The standard InChI is InChI=1S/C13H17NO2/c1-4-16-13(15)12(8-14)11-6-9(2)5-10(3)7-11/h6,10H,4-5,7H2,1-3H3. The monoisotopic (exact) mass is 219 g/mol. The van der Waals surface area contributed by atoms with Gasteiger partial charge in [-0.1, -0.05) is 18.6 Å². The molecule has 0 saturated heterocycles. The van der Waals surface area contributed by atoms with Crippen LogP contribution in [0.25, 0.3) is 0 Å². The maximum atomic E-state index is 11.6. The van der Waals surface area contributed by atoms with Crippen molar-refractivity contribution in [3.63, 3.8) is 0 Å². The molecule has 16 heavy (non-hydrogen) atoms. The van der Waals surface area contributed by atoms with Crippen molar-refractivity contribution in [3.05, 3.63) is 22.8 Å². The second-order valence-electron chi connectivity index (χ2n) is 4.24. The number of nitriles is 1. The van der Waals surface area contributed by atoms with Crippen molar-refractivity contribution >= 4 is 5.97 Å². The Balaban J connectivity index is 3.05. The average molecular weight is 219 g/mol. The summed E-state index contributed by atoms with van der Waals surface area (Å²) in [7, 11) is 0. The average Bonchev–Trinajstić information content (AvgIpc) is 2.17. The lowest BCUT2D eigenvalue weighted by Gasteiger charge is -2.19. The predicted octanol–water partition coefficient (Wildman–Crippen LogP) is 2.75. The molecular formula is C13H17NO2. The van der Waals surface area contributed by atoms with Gasteiger partial charge in [0, 0.05) is 0 Å².